The highest BCUT2D eigenvalue weighted by Crippen LogP contribution is 2.10. The summed E-state index contributed by atoms with van der Waals surface area (Å²) in [6.07, 6.45) is 1.97. The standard InChI is InChI=1S/C18H27N5S.HI/c1-15-22-16(14-24-15)10-12-21-18(19-2)20-11-7-13-23(3)17-8-5-4-6-9-17;/h4-6,8-9,14H,7,10-13H2,1-3H3,(H2,19,20,21);1H. The Hall–Kier alpha value is -1.35. The average Bonchev–Trinajstić information content (AvgIpc) is 3.02. The third-order valence-electron chi connectivity index (χ3n) is 3.72. The number of thiazole rings is 1. The first-order chi connectivity index (χ1) is 11.7. The zero-order valence-electron chi connectivity index (χ0n) is 15.2. The maximum absolute atomic E-state index is 4.47. The lowest BCUT2D eigenvalue weighted by Gasteiger charge is -2.19. The molecule has 0 bridgehead atoms. The maximum atomic E-state index is 4.47. The Morgan fingerprint density at radius 1 is 1.20 bits per heavy atom. The van der Waals surface area contributed by atoms with Crippen molar-refractivity contribution in [3.8, 4) is 0 Å². The molecule has 0 saturated carbocycles. The number of para-hydroxylation sites is 1. The van der Waals surface area contributed by atoms with Gasteiger partial charge in [0, 0.05) is 51.2 Å². The molecule has 0 fully saturated rings. The van der Waals surface area contributed by atoms with Gasteiger partial charge in [-0.3, -0.25) is 4.99 Å². The van der Waals surface area contributed by atoms with Crippen molar-refractivity contribution in [2.24, 2.45) is 4.99 Å². The van der Waals surface area contributed by atoms with Crippen LogP contribution >= 0.6 is 35.3 Å². The predicted octanol–water partition coefficient (Wildman–Crippen LogP) is 3.30. The number of aliphatic imine (C=N–C) groups is 1. The summed E-state index contributed by atoms with van der Waals surface area (Å²) in [5.41, 5.74) is 2.39. The second-order valence-electron chi connectivity index (χ2n) is 5.64. The zero-order chi connectivity index (χ0) is 17.2. The van der Waals surface area contributed by atoms with Gasteiger partial charge in [-0.05, 0) is 25.5 Å². The number of guanidine groups is 1. The summed E-state index contributed by atoms with van der Waals surface area (Å²) in [5.74, 6) is 0.851. The smallest absolute Gasteiger partial charge is 0.190 e. The van der Waals surface area contributed by atoms with Crippen molar-refractivity contribution < 1.29 is 0 Å². The van der Waals surface area contributed by atoms with E-state index in [1.165, 1.54) is 5.69 Å². The van der Waals surface area contributed by atoms with Crippen LogP contribution in [0.1, 0.15) is 17.1 Å². The highest BCUT2D eigenvalue weighted by molar-refractivity contribution is 14.0. The number of nitrogens with one attached hydrogen (secondary N) is 2. The van der Waals surface area contributed by atoms with Crippen LogP contribution in [0.2, 0.25) is 0 Å². The van der Waals surface area contributed by atoms with Gasteiger partial charge in [-0.25, -0.2) is 4.98 Å². The van der Waals surface area contributed by atoms with Crippen LogP contribution in [0, 0.1) is 6.92 Å². The SMILES string of the molecule is CN=C(NCCCN(C)c1ccccc1)NCCc1csc(C)n1.I. The molecule has 5 nitrogen and oxygen atoms in total. The van der Waals surface area contributed by atoms with Crippen LogP contribution in [-0.4, -0.2) is 44.7 Å². The van der Waals surface area contributed by atoms with Gasteiger partial charge in [0.25, 0.3) is 0 Å². The Labute approximate surface area is 172 Å². The zero-order valence-corrected chi connectivity index (χ0v) is 18.3. The van der Waals surface area contributed by atoms with Crippen molar-refractivity contribution in [1.82, 2.24) is 15.6 Å². The van der Waals surface area contributed by atoms with Crippen LogP contribution in [0.15, 0.2) is 40.7 Å². The van der Waals surface area contributed by atoms with Crippen LogP contribution in [0.4, 0.5) is 5.69 Å². The second-order valence-corrected chi connectivity index (χ2v) is 6.71. The Kier molecular flexibility index (Phi) is 10.5. The van der Waals surface area contributed by atoms with E-state index < -0.39 is 0 Å². The van der Waals surface area contributed by atoms with Crippen molar-refractivity contribution in [2.45, 2.75) is 19.8 Å². The van der Waals surface area contributed by atoms with Crippen molar-refractivity contribution in [1.29, 1.82) is 0 Å². The average molecular weight is 473 g/mol. The highest BCUT2D eigenvalue weighted by atomic mass is 127. The van der Waals surface area contributed by atoms with Gasteiger partial charge in [0.05, 0.1) is 10.7 Å². The minimum Gasteiger partial charge on any atom is -0.375 e. The molecule has 0 aliphatic heterocycles. The van der Waals surface area contributed by atoms with Crippen molar-refractivity contribution in [2.75, 3.05) is 38.6 Å². The van der Waals surface area contributed by atoms with Gasteiger partial charge < -0.3 is 15.5 Å². The summed E-state index contributed by atoms with van der Waals surface area (Å²) in [5, 5.41) is 9.94. The highest BCUT2D eigenvalue weighted by Gasteiger charge is 2.02. The summed E-state index contributed by atoms with van der Waals surface area (Å²) in [6.45, 7) is 4.78. The minimum atomic E-state index is 0. The van der Waals surface area contributed by atoms with Crippen LogP contribution in [-0.2, 0) is 6.42 Å². The molecule has 0 saturated heterocycles. The molecule has 0 radical (unpaired) electrons. The lowest BCUT2D eigenvalue weighted by atomic mass is 10.3. The number of nitrogens with zero attached hydrogens (tertiary/aromatic N) is 3. The Bertz CT molecular complexity index is 629. The molecule has 7 heteroatoms. The van der Waals surface area contributed by atoms with Gasteiger partial charge in [0.2, 0.25) is 0 Å². The molecule has 0 spiro atoms. The van der Waals surface area contributed by atoms with Crippen LogP contribution < -0.4 is 15.5 Å². The van der Waals surface area contributed by atoms with E-state index in [0.717, 1.165) is 49.1 Å². The van der Waals surface area contributed by atoms with Gasteiger partial charge >= 0.3 is 0 Å². The molecule has 0 aliphatic carbocycles. The summed E-state index contributed by atoms with van der Waals surface area (Å²) < 4.78 is 0. The number of aromatic nitrogens is 1. The first-order valence-corrected chi connectivity index (χ1v) is 9.18. The Morgan fingerprint density at radius 3 is 2.56 bits per heavy atom. The normalized spacial score (nSPS) is 10.9. The van der Waals surface area contributed by atoms with Crippen molar-refractivity contribution >= 4 is 47.0 Å². The molecule has 25 heavy (non-hydrogen) atoms. The monoisotopic (exact) mass is 473 g/mol. The summed E-state index contributed by atoms with van der Waals surface area (Å²) >= 11 is 1.70. The predicted molar refractivity (Wildman–Crippen MR) is 120 cm³/mol. The number of rotatable bonds is 8. The van der Waals surface area contributed by atoms with Gasteiger partial charge in [0.15, 0.2) is 5.96 Å². The molecule has 2 N–H and O–H groups in total. The summed E-state index contributed by atoms with van der Waals surface area (Å²) in [7, 11) is 3.93. The molecule has 2 aromatic rings. The third-order valence-corrected chi connectivity index (χ3v) is 4.55. The van der Waals surface area contributed by atoms with E-state index in [9.17, 15) is 0 Å². The fourth-order valence-electron chi connectivity index (χ4n) is 2.39. The molecule has 0 atom stereocenters. The quantitative estimate of drug-likeness (QED) is 0.268. The lowest BCUT2D eigenvalue weighted by molar-refractivity contribution is 0.726. The molecule has 0 amide bonds. The van der Waals surface area contributed by atoms with E-state index >= 15 is 0 Å². The van der Waals surface area contributed by atoms with Gasteiger partial charge in [-0.1, -0.05) is 18.2 Å². The first-order valence-electron chi connectivity index (χ1n) is 8.30. The van der Waals surface area contributed by atoms with Crippen LogP contribution in [0.3, 0.4) is 0 Å². The molecule has 2 rings (SSSR count). The van der Waals surface area contributed by atoms with Crippen LogP contribution in [0.5, 0.6) is 0 Å². The number of benzene rings is 1. The largest absolute Gasteiger partial charge is 0.375 e. The fraction of sp³-hybridized carbons (Fsp3) is 0.444. The van der Waals surface area contributed by atoms with Gasteiger partial charge in [0.1, 0.15) is 0 Å². The third kappa shape index (κ3) is 8.04. The van der Waals surface area contributed by atoms with Crippen molar-refractivity contribution in [3.05, 3.63) is 46.4 Å². The van der Waals surface area contributed by atoms with E-state index in [2.05, 4.69) is 62.2 Å². The number of halogens is 1. The van der Waals surface area contributed by atoms with E-state index in [0.29, 0.717) is 0 Å². The molecule has 0 unspecified atom stereocenters. The van der Waals surface area contributed by atoms with E-state index in [-0.39, 0.29) is 24.0 Å². The van der Waals surface area contributed by atoms with E-state index in [1.54, 1.807) is 18.4 Å². The van der Waals surface area contributed by atoms with E-state index in [4.69, 9.17) is 0 Å². The fourth-order valence-corrected chi connectivity index (χ4v) is 3.03. The molecule has 0 aliphatic rings. The number of aryl methyl sites for hydroxylation is 1. The lowest BCUT2D eigenvalue weighted by Crippen LogP contribution is -2.39. The van der Waals surface area contributed by atoms with Gasteiger partial charge in [-0.2, -0.15) is 0 Å². The molecule has 1 heterocycles. The summed E-state index contributed by atoms with van der Waals surface area (Å²) in [4.78, 5) is 11.0. The maximum Gasteiger partial charge on any atom is 0.190 e. The molecule has 1 aromatic carbocycles. The molecular formula is C18H28IN5S. The Balaban J connectivity index is 0.00000312. The minimum absolute atomic E-state index is 0. The molecule has 138 valence electrons. The first kappa shape index (κ1) is 21.7. The molecular weight excluding hydrogens is 445 g/mol. The topological polar surface area (TPSA) is 52.6 Å². The number of hydrogen-bond donors (Lipinski definition) is 2. The van der Waals surface area contributed by atoms with Crippen LogP contribution in [0.25, 0.3) is 0 Å². The van der Waals surface area contributed by atoms with Crippen molar-refractivity contribution in [3.63, 3.8) is 0 Å². The van der Waals surface area contributed by atoms with Gasteiger partial charge in [-0.15, -0.1) is 35.3 Å². The Morgan fingerprint density at radius 2 is 1.92 bits per heavy atom. The second kappa shape index (κ2) is 12.1. The summed E-state index contributed by atoms with van der Waals surface area (Å²) in [6, 6.07) is 10.4. The van der Waals surface area contributed by atoms with E-state index in [1.807, 2.05) is 13.0 Å². The number of hydrogen-bond acceptors (Lipinski definition) is 4. The number of anilines is 1. The molecule has 1 aromatic heterocycles.